The van der Waals surface area contributed by atoms with Crippen molar-refractivity contribution in [2.24, 2.45) is 0 Å². The van der Waals surface area contributed by atoms with Crippen LogP contribution in [0.2, 0.25) is 0 Å². The quantitative estimate of drug-likeness (QED) is 0.840. The van der Waals surface area contributed by atoms with Crippen LogP contribution in [0.15, 0.2) is 48.5 Å². The Morgan fingerprint density at radius 3 is 2.38 bits per heavy atom. The van der Waals surface area contributed by atoms with Crippen LogP contribution in [0.25, 0.3) is 0 Å². The summed E-state index contributed by atoms with van der Waals surface area (Å²) in [6.07, 6.45) is 1.16. The van der Waals surface area contributed by atoms with Gasteiger partial charge in [0.05, 0.1) is 5.75 Å². The van der Waals surface area contributed by atoms with Crippen LogP contribution in [0.4, 0.5) is 16.2 Å². The fourth-order valence-corrected chi connectivity index (χ4v) is 2.29. The van der Waals surface area contributed by atoms with E-state index in [2.05, 4.69) is 10.6 Å². The van der Waals surface area contributed by atoms with Gasteiger partial charge in [0.25, 0.3) is 0 Å². The summed E-state index contributed by atoms with van der Waals surface area (Å²) in [5, 5.41) is 5.43. The molecule has 2 aromatic rings. The van der Waals surface area contributed by atoms with E-state index in [0.29, 0.717) is 17.1 Å². The summed E-state index contributed by atoms with van der Waals surface area (Å²) in [5.74, 6) is 0.435. The number of hydrogen-bond donors (Lipinski definition) is 2. The Bertz CT molecular complexity index is 802. The van der Waals surface area contributed by atoms with Crippen molar-refractivity contribution in [3.05, 3.63) is 54.1 Å². The summed E-state index contributed by atoms with van der Waals surface area (Å²) in [6, 6.07) is 13.9. The lowest BCUT2D eigenvalue weighted by atomic mass is 10.2. The maximum Gasteiger partial charge on any atom is 0.323 e. The molecule has 128 valence electrons. The smallest absolute Gasteiger partial charge is 0.323 e. The van der Waals surface area contributed by atoms with E-state index in [0.717, 1.165) is 11.8 Å². The molecule has 0 aliphatic rings. The average molecular weight is 348 g/mol. The van der Waals surface area contributed by atoms with Crippen molar-refractivity contribution in [2.75, 3.05) is 29.2 Å². The highest BCUT2D eigenvalue weighted by Crippen LogP contribution is 2.18. The van der Waals surface area contributed by atoms with Crippen LogP contribution < -0.4 is 15.4 Å². The Morgan fingerprint density at radius 2 is 1.71 bits per heavy atom. The summed E-state index contributed by atoms with van der Waals surface area (Å²) in [4.78, 5) is 12.0. The molecule has 0 bridgehead atoms. The molecule has 2 N–H and O–H groups in total. The highest BCUT2D eigenvalue weighted by molar-refractivity contribution is 7.90. The minimum Gasteiger partial charge on any atom is -0.492 e. The number of amides is 2. The molecule has 0 unspecified atom stereocenters. The van der Waals surface area contributed by atoms with E-state index >= 15 is 0 Å². The largest absolute Gasteiger partial charge is 0.492 e. The van der Waals surface area contributed by atoms with Crippen molar-refractivity contribution in [3.8, 4) is 5.75 Å². The van der Waals surface area contributed by atoms with E-state index < -0.39 is 9.84 Å². The van der Waals surface area contributed by atoms with Gasteiger partial charge in [0.15, 0.2) is 9.84 Å². The van der Waals surface area contributed by atoms with Gasteiger partial charge < -0.3 is 15.4 Å². The predicted molar refractivity (Wildman–Crippen MR) is 95.5 cm³/mol. The lowest BCUT2D eigenvalue weighted by Crippen LogP contribution is -2.19. The normalized spacial score (nSPS) is 10.9. The van der Waals surface area contributed by atoms with Gasteiger partial charge in [-0.05, 0) is 31.2 Å². The molecule has 0 spiro atoms. The molecule has 24 heavy (non-hydrogen) atoms. The summed E-state index contributed by atoms with van der Waals surface area (Å²) in [7, 11) is -3.07. The molecule has 7 heteroatoms. The van der Waals surface area contributed by atoms with Crippen molar-refractivity contribution in [3.63, 3.8) is 0 Å². The zero-order chi connectivity index (χ0) is 17.6. The molecule has 0 aliphatic heterocycles. The third kappa shape index (κ3) is 6.29. The van der Waals surface area contributed by atoms with Crippen LogP contribution in [0.3, 0.4) is 0 Å². The number of urea groups is 1. The van der Waals surface area contributed by atoms with Gasteiger partial charge in [-0.3, -0.25) is 0 Å². The number of carbonyl (C=O) groups excluding carboxylic acids is 1. The van der Waals surface area contributed by atoms with Crippen LogP contribution in [-0.2, 0) is 9.84 Å². The number of rotatable bonds is 6. The maximum atomic E-state index is 12.0. The van der Waals surface area contributed by atoms with E-state index in [-0.39, 0.29) is 18.4 Å². The van der Waals surface area contributed by atoms with Crippen molar-refractivity contribution in [1.29, 1.82) is 0 Å². The number of nitrogens with one attached hydrogen (secondary N) is 2. The molecule has 6 nitrogen and oxygen atoms in total. The zero-order valence-electron chi connectivity index (χ0n) is 13.6. The number of aryl methyl sites for hydroxylation is 1. The summed E-state index contributed by atoms with van der Waals surface area (Å²) < 4.78 is 27.6. The van der Waals surface area contributed by atoms with Gasteiger partial charge in [-0.2, -0.15) is 0 Å². The molecule has 2 aromatic carbocycles. The monoisotopic (exact) mass is 348 g/mol. The van der Waals surface area contributed by atoms with E-state index in [1.54, 1.807) is 24.3 Å². The van der Waals surface area contributed by atoms with Gasteiger partial charge in [0, 0.05) is 23.7 Å². The number of sulfone groups is 1. The molecule has 0 radical (unpaired) electrons. The van der Waals surface area contributed by atoms with Crippen molar-refractivity contribution in [2.45, 2.75) is 6.92 Å². The minimum atomic E-state index is -3.07. The predicted octanol–water partition coefficient (Wildman–Crippen LogP) is 3.06. The standard InChI is InChI=1S/C17H20N2O4S/c1-13-6-8-14(9-7-13)18-17(20)19-15-4-3-5-16(12-15)23-10-11-24(2,21)22/h3-9,12H,10-11H2,1-2H3,(H2,18,19,20). The average Bonchev–Trinajstić information content (AvgIpc) is 2.49. The number of anilines is 2. The summed E-state index contributed by atoms with van der Waals surface area (Å²) in [5.41, 5.74) is 2.36. The Kier molecular flexibility index (Phi) is 5.81. The third-order valence-electron chi connectivity index (χ3n) is 3.12. The van der Waals surface area contributed by atoms with Gasteiger partial charge in [-0.1, -0.05) is 23.8 Å². The molecule has 2 rings (SSSR count). The molecule has 0 saturated carbocycles. The molecular weight excluding hydrogens is 328 g/mol. The first kappa shape index (κ1) is 17.8. The second-order valence-corrected chi connectivity index (χ2v) is 7.71. The summed E-state index contributed by atoms with van der Waals surface area (Å²) in [6.45, 7) is 2.04. The summed E-state index contributed by atoms with van der Waals surface area (Å²) >= 11 is 0. The second-order valence-electron chi connectivity index (χ2n) is 5.45. The van der Waals surface area contributed by atoms with Gasteiger partial charge in [-0.25, -0.2) is 13.2 Å². The maximum absolute atomic E-state index is 12.0. The number of carbonyl (C=O) groups is 1. The van der Waals surface area contributed by atoms with Gasteiger partial charge in [0.1, 0.15) is 12.4 Å². The number of hydrogen-bond acceptors (Lipinski definition) is 4. The van der Waals surface area contributed by atoms with E-state index in [1.165, 1.54) is 0 Å². The molecule has 0 aliphatic carbocycles. The second kappa shape index (κ2) is 7.83. The molecule has 0 saturated heterocycles. The van der Waals surface area contributed by atoms with E-state index in [9.17, 15) is 13.2 Å². The first-order chi connectivity index (χ1) is 11.3. The van der Waals surface area contributed by atoms with Crippen LogP contribution in [-0.4, -0.2) is 33.1 Å². The highest BCUT2D eigenvalue weighted by atomic mass is 32.2. The van der Waals surface area contributed by atoms with Crippen molar-refractivity contribution in [1.82, 2.24) is 0 Å². The van der Waals surface area contributed by atoms with Gasteiger partial charge in [0.2, 0.25) is 0 Å². The molecule has 0 atom stereocenters. The fourth-order valence-electron chi connectivity index (χ4n) is 1.90. The van der Waals surface area contributed by atoms with Crippen LogP contribution >= 0.6 is 0 Å². The lowest BCUT2D eigenvalue weighted by molar-refractivity contribution is 0.262. The third-order valence-corrected chi connectivity index (χ3v) is 4.03. The Hall–Kier alpha value is -2.54. The zero-order valence-corrected chi connectivity index (χ0v) is 14.4. The first-order valence-corrected chi connectivity index (χ1v) is 9.43. The van der Waals surface area contributed by atoms with E-state index in [1.807, 2.05) is 31.2 Å². The van der Waals surface area contributed by atoms with Crippen molar-refractivity contribution >= 4 is 27.2 Å². The fraction of sp³-hybridized carbons (Fsp3) is 0.235. The molecular formula is C17H20N2O4S. The van der Waals surface area contributed by atoms with Gasteiger partial charge >= 0.3 is 6.03 Å². The Labute approximate surface area is 141 Å². The van der Waals surface area contributed by atoms with E-state index in [4.69, 9.17) is 4.74 Å². The Balaban J connectivity index is 1.91. The van der Waals surface area contributed by atoms with Crippen LogP contribution in [0.1, 0.15) is 5.56 Å². The van der Waals surface area contributed by atoms with Crippen molar-refractivity contribution < 1.29 is 17.9 Å². The SMILES string of the molecule is Cc1ccc(NC(=O)Nc2cccc(OCCS(C)(=O)=O)c2)cc1. The molecule has 2 amide bonds. The number of ether oxygens (including phenoxy) is 1. The van der Waals surface area contributed by atoms with Gasteiger partial charge in [-0.15, -0.1) is 0 Å². The van der Waals surface area contributed by atoms with Crippen LogP contribution in [0, 0.1) is 6.92 Å². The number of benzene rings is 2. The molecule has 0 fully saturated rings. The molecule has 0 heterocycles. The lowest BCUT2D eigenvalue weighted by Gasteiger charge is -2.10. The first-order valence-electron chi connectivity index (χ1n) is 7.37. The molecule has 0 aromatic heterocycles. The van der Waals surface area contributed by atoms with Crippen LogP contribution in [0.5, 0.6) is 5.75 Å². The topological polar surface area (TPSA) is 84.5 Å². The minimum absolute atomic E-state index is 0.0570. The highest BCUT2D eigenvalue weighted by Gasteiger charge is 2.05. The Morgan fingerprint density at radius 1 is 1.04 bits per heavy atom.